The summed E-state index contributed by atoms with van der Waals surface area (Å²) in [6, 6.07) is 6.58. The zero-order valence-corrected chi connectivity index (χ0v) is 21.3. The largest absolute Gasteiger partial charge is 0.480 e. The second-order valence-corrected chi connectivity index (χ2v) is 11.4. The predicted octanol–water partition coefficient (Wildman–Crippen LogP) is 4.15. The maximum absolute atomic E-state index is 13.3. The van der Waals surface area contributed by atoms with Gasteiger partial charge in [0.05, 0.1) is 20.6 Å². The number of alkyl halides is 2. The number of hydrogen-bond acceptors (Lipinski definition) is 8. The van der Waals surface area contributed by atoms with E-state index in [9.17, 15) is 31.9 Å². The number of nitrogens with one attached hydrogen (secondary N) is 1. The molecule has 1 atom stereocenters. The smallest absolute Gasteiger partial charge is 0.387 e. The number of piperidine rings is 1. The first-order valence-corrected chi connectivity index (χ1v) is 13.6. The Morgan fingerprint density at radius 3 is 2.73 bits per heavy atom. The highest BCUT2D eigenvalue weighted by molar-refractivity contribution is 7.89. The Kier molecular flexibility index (Phi) is 8.11. The number of sulfonamides is 1. The summed E-state index contributed by atoms with van der Waals surface area (Å²) in [6.07, 6.45) is 0.964. The molecule has 0 bridgehead atoms. The van der Waals surface area contributed by atoms with Crippen LogP contribution in [0, 0.1) is 0 Å². The van der Waals surface area contributed by atoms with E-state index in [1.54, 1.807) is 12.1 Å². The summed E-state index contributed by atoms with van der Waals surface area (Å²) >= 11 is 7.12. The van der Waals surface area contributed by atoms with Crippen molar-refractivity contribution >= 4 is 50.5 Å². The Labute approximate surface area is 218 Å². The molecule has 37 heavy (non-hydrogen) atoms. The molecule has 1 saturated heterocycles. The lowest BCUT2D eigenvalue weighted by atomic mass is 10.1. The molecule has 1 unspecified atom stereocenters. The number of halogens is 3. The van der Waals surface area contributed by atoms with Gasteiger partial charge >= 0.3 is 12.6 Å². The fourth-order valence-electron chi connectivity index (χ4n) is 3.81. The van der Waals surface area contributed by atoms with Gasteiger partial charge in [0.2, 0.25) is 15.9 Å². The number of nitrogens with zero attached hydrogens (tertiary/aromatic N) is 2. The normalized spacial score (nSPS) is 15.2. The molecule has 3 aromatic rings. The molecule has 0 spiro atoms. The molecule has 0 radical (unpaired) electrons. The molecule has 1 aliphatic heterocycles. The predicted molar refractivity (Wildman–Crippen MR) is 130 cm³/mol. The summed E-state index contributed by atoms with van der Waals surface area (Å²) in [7, 11) is -4.72. The SMILES string of the molecule is O=C(O)C(Cc1cc(-c2ccc(Cl)s2)on1)NS(=O)(=O)c1cccc(N2CCCCC2=O)c1OC(F)F. The highest BCUT2D eigenvalue weighted by atomic mass is 35.5. The van der Waals surface area contributed by atoms with Crippen LogP contribution >= 0.6 is 22.9 Å². The van der Waals surface area contributed by atoms with Gasteiger partial charge in [0.15, 0.2) is 11.5 Å². The number of rotatable bonds is 10. The maximum atomic E-state index is 13.3. The monoisotopic (exact) mass is 575 g/mol. The van der Waals surface area contributed by atoms with E-state index in [0.717, 1.165) is 6.07 Å². The minimum absolute atomic E-state index is 0.131. The van der Waals surface area contributed by atoms with Crippen LogP contribution in [-0.4, -0.2) is 49.8 Å². The molecule has 2 N–H and O–H groups in total. The topological polar surface area (TPSA) is 139 Å². The summed E-state index contributed by atoms with van der Waals surface area (Å²) in [5.41, 5.74) is -0.0122. The molecular weight excluding hydrogens is 556 g/mol. The van der Waals surface area contributed by atoms with Crippen molar-refractivity contribution in [1.82, 2.24) is 9.88 Å². The zero-order valence-electron chi connectivity index (χ0n) is 18.9. The summed E-state index contributed by atoms with van der Waals surface area (Å²) in [5.74, 6) is -2.34. The number of amides is 1. The van der Waals surface area contributed by atoms with Crippen LogP contribution in [0.2, 0.25) is 4.34 Å². The molecule has 15 heteroatoms. The summed E-state index contributed by atoms with van der Waals surface area (Å²) in [6.45, 7) is -3.21. The van der Waals surface area contributed by atoms with Crippen molar-refractivity contribution in [1.29, 1.82) is 0 Å². The fourth-order valence-corrected chi connectivity index (χ4v) is 6.14. The molecule has 10 nitrogen and oxygen atoms in total. The molecular formula is C22H20ClF2N3O7S2. The molecule has 1 aromatic carbocycles. The van der Waals surface area contributed by atoms with Gasteiger partial charge in [-0.05, 0) is 37.1 Å². The molecule has 1 aliphatic rings. The number of carbonyl (C=O) groups excluding carboxylic acids is 1. The maximum Gasteiger partial charge on any atom is 0.387 e. The van der Waals surface area contributed by atoms with Crippen LogP contribution in [0.5, 0.6) is 5.75 Å². The van der Waals surface area contributed by atoms with Gasteiger partial charge in [-0.3, -0.25) is 9.59 Å². The van der Waals surface area contributed by atoms with Gasteiger partial charge in [-0.25, -0.2) is 8.42 Å². The van der Waals surface area contributed by atoms with Gasteiger partial charge in [-0.2, -0.15) is 13.5 Å². The molecule has 0 saturated carbocycles. The molecule has 0 aliphatic carbocycles. The number of aliphatic carboxylic acids is 1. The van der Waals surface area contributed by atoms with Crippen LogP contribution in [0.4, 0.5) is 14.5 Å². The molecule has 1 amide bonds. The molecule has 1 fully saturated rings. The second-order valence-electron chi connectivity index (χ2n) is 7.99. The third-order valence-corrected chi connectivity index (χ3v) is 8.19. The van der Waals surface area contributed by atoms with Gasteiger partial charge in [0.1, 0.15) is 10.9 Å². The zero-order chi connectivity index (χ0) is 26.7. The Balaban J connectivity index is 1.63. The lowest BCUT2D eigenvalue weighted by Crippen LogP contribution is -2.42. The number of carboxylic acid groups (broad SMARTS) is 1. The van der Waals surface area contributed by atoms with E-state index >= 15 is 0 Å². The Morgan fingerprint density at radius 2 is 2.08 bits per heavy atom. The minimum atomic E-state index is -4.72. The standard InChI is InChI=1S/C22H20ClF2N3O7S2/c23-18-8-7-16(36-18)15-11-12(26-35-15)10-13(21(30)31)27-37(32,33)17-5-3-4-14(20(17)34-22(24)25)28-9-2-1-6-19(28)29/h3-5,7-8,11,13,22,27H,1-2,6,9-10H2,(H,30,31). The van der Waals surface area contributed by atoms with Crippen LogP contribution in [0.3, 0.4) is 0 Å². The van der Waals surface area contributed by atoms with Crippen molar-refractivity contribution < 1.29 is 41.2 Å². The molecule has 3 heterocycles. The number of carbonyl (C=O) groups is 2. The Hall–Kier alpha value is -3.07. The van der Waals surface area contributed by atoms with E-state index < -0.39 is 45.7 Å². The number of anilines is 1. The highest BCUT2D eigenvalue weighted by Crippen LogP contribution is 2.38. The van der Waals surface area contributed by atoms with Gasteiger partial charge in [0, 0.05) is 25.5 Å². The van der Waals surface area contributed by atoms with Gasteiger partial charge in [-0.15, -0.1) is 11.3 Å². The van der Waals surface area contributed by atoms with Crippen molar-refractivity contribution in [3.8, 4) is 16.4 Å². The van der Waals surface area contributed by atoms with E-state index in [4.69, 9.17) is 16.1 Å². The van der Waals surface area contributed by atoms with Crippen LogP contribution in [-0.2, 0) is 26.0 Å². The van der Waals surface area contributed by atoms with Crippen LogP contribution in [0.25, 0.3) is 10.6 Å². The number of hydrogen-bond donors (Lipinski definition) is 2. The van der Waals surface area contributed by atoms with E-state index in [-0.39, 0.29) is 30.3 Å². The van der Waals surface area contributed by atoms with Crippen molar-refractivity contribution in [3.05, 3.63) is 46.4 Å². The Bertz CT molecular complexity index is 1410. The van der Waals surface area contributed by atoms with Crippen LogP contribution < -0.4 is 14.4 Å². The summed E-state index contributed by atoms with van der Waals surface area (Å²) in [5, 5.41) is 13.5. The molecule has 4 rings (SSSR count). The molecule has 2 aromatic heterocycles. The van der Waals surface area contributed by atoms with Crippen molar-refractivity contribution in [2.24, 2.45) is 0 Å². The lowest BCUT2D eigenvalue weighted by molar-refractivity contribution is -0.139. The number of para-hydroxylation sites is 1. The fraction of sp³-hybridized carbons (Fsp3) is 0.318. The summed E-state index contributed by atoms with van der Waals surface area (Å²) in [4.78, 5) is 25.4. The third kappa shape index (κ3) is 6.26. The van der Waals surface area contributed by atoms with Crippen molar-refractivity contribution in [2.45, 2.75) is 43.2 Å². The van der Waals surface area contributed by atoms with E-state index in [0.29, 0.717) is 27.8 Å². The van der Waals surface area contributed by atoms with Crippen molar-refractivity contribution in [2.75, 3.05) is 11.4 Å². The van der Waals surface area contributed by atoms with E-state index in [1.807, 2.05) is 4.72 Å². The number of benzene rings is 1. The highest BCUT2D eigenvalue weighted by Gasteiger charge is 2.33. The van der Waals surface area contributed by atoms with Gasteiger partial charge < -0.3 is 19.3 Å². The quantitative estimate of drug-likeness (QED) is 0.367. The van der Waals surface area contributed by atoms with Gasteiger partial charge in [-0.1, -0.05) is 22.8 Å². The third-order valence-electron chi connectivity index (χ3n) is 5.45. The van der Waals surface area contributed by atoms with Crippen LogP contribution in [0.15, 0.2) is 45.8 Å². The number of aromatic nitrogens is 1. The first kappa shape index (κ1) is 27.0. The average Bonchev–Trinajstić information content (AvgIpc) is 3.47. The van der Waals surface area contributed by atoms with Crippen molar-refractivity contribution in [3.63, 3.8) is 0 Å². The first-order valence-electron chi connectivity index (χ1n) is 10.9. The van der Waals surface area contributed by atoms with E-state index in [2.05, 4.69) is 9.89 Å². The number of carboxylic acids is 1. The number of thiophene rings is 1. The first-order chi connectivity index (χ1) is 17.5. The average molecular weight is 576 g/mol. The second kappa shape index (κ2) is 11.1. The van der Waals surface area contributed by atoms with E-state index in [1.165, 1.54) is 34.4 Å². The van der Waals surface area contributed by atoms with Gasteiger partial charge in [0.25, 0.3) is 0 Å². The Morgan fingerprint density at radius 1 is 1.30 bits per heavy atom. The lowest BCUT2D eigenvalue weighted by Gasteiger charge is -2.29. The number of ether oxygens (including phenoxy) is 1. The molecule has 198 valence electrons. The summed E-state index contributed by atoms with van der Waals surface area (Å²) < 4.78 is 65.3. The minimum Gasteiger partial charge on any atom is -0.480 e. The van der Waals surface area contributed by atoms with Crippen LogP contribution in [0.1, 0.15) is 25.0 Å².